The van der Waals surface area contributed by atoms with E-state index in [4.69, 9.17) is 0 Å². The number of likely N-dealkylation sites (N-methyl/N-ethyl adjacent to an activating group) is 1. The largest absolute Gasteiger partial charge is 0.370 e. The Morgan fingerprint density at radius 1 is 1.16 bits per heavy atom. The van der Waals surface area contributed by atoms with Gasteiger partial charge in [-0.05, 0) is 20.4 Å². The van der Waals surface area contributed by atoms with Gasteiger partial charge >= 0.3 is 0 Å². The summed E-state index contributed by atoms with van der Waals surface area (Å²) < 4.78 is 0. The zero-order valence-corrected chi connectivity index (χ0v) is 12.1. The molecule has 1 aliphatic heterocycles. The van der Waals surface area contributed by atoms with E-state index in [1.165, 1.54) is 0 Å². The van der Waals surface area contributed by atoms with E-state index in [2.05, 4.69) is 44.6 Å². The monoisotopic (exact) mass is 264 g/mol. The average Bonchev–Trinajstić information content (AvgIpc) is 2.38. The Kier molecular flexibility index (Phi) is 4.93. The SMILES string of the molecule is CCCNc1cc(NN2CCN(C)CC2)nc(C)n1. The number of piperazine rings is 1. The first-order chi connectivity index (χ1) is 9.17. The number of hydrazine groups is 1. The van der Waals surface area contributed by atoms with Crippen molar-refractivity contribution in [1.82, 2.24) is 19.9 Å². The molecule has 1 fully saturated rings. The van der Waals surface area contributed by atoms with Gasteiger partial charge in [-0.25, -0.2) is 15.0 Å². The molecule has 0 unspecified atom stereocenters. The van der Waals surface area contributed by atoms with Crippen LogP contribution in [0.25, 0.3) is 0 Å². The number of aromatic nitrogens is 2. The molecule has 2 N–H and O–H groups in total. The summed E-state index contributed by atoms with van der Waals surface area (Å²) in [4.78, 5) is 11.2. The lowest BCUT2D eigenvalue weighted by molar-refractivity contribution is 0.178. The second-order valence-corrected chi connectivity index (χ2v) is 5.01. The fourth-order valence-electron chi connectivity index (χ4n) is 2.05. The highest BCUT2D eigenvalue weighted by Crippen LogP contribution is 2.12. The lowest BCUT2D eigenvalue weighted by Crippen LogP contribution is -2.47. The molecule has 0 spiro atoms. The van der Waals surface area contributed by atoms with Gasteiger partial charge < -0.3 is 15.6 Å². The minimum Gasteiger partial charge on any atom is -0.370 e. The molecule has 6 nitrogen and oxygen atoms in total. The minimum absolute atomic E-state index is 0.790. The highest BCUT2D eigenvalue weighted by molar-refractivity contribution is 5.46. The van der Waals surface area contributed by atoms with E-state index < -0.39 is 0 Å². The summed E-state index contributed by atoms with van der Waals surface area (Å²) in [6, 6.07) is 1.97. The Bertz CT molecular complexity index is 400. The summed E-state index contributed by atoms with van der Waals surface area (Å²) in [5, 5.41) is 5.52. The summed E-state index contributed by atoms with van der Waals surface area (Å²) in [5.74, 6) is 2.55. The van der Waals surface area contributed by atoms with E-state index in [-0.39, 0.29) is 0 Å². The molecule has 0 saturated carbocycles. The van der Waals surface area contributed by atoms with Crippen molar-refractivity contribution in [3.63, 3.8) is 0 Å². The van der Waals surface area contributed by atoms with Crippen LogP contribution in [0.1, 0.15) is 19.2 Å². The summed E-state index contributed by atoms with van der Waals surface area (Å²) in [5.41, 5.74) is 3.37. The number of hydrogen-bond donors (Lipinski definition) is 2. The second kappa shape index (κ2) is 6.68. The van der Waals surface area contributed by atoms with Gasteiger partial charge in [-0.2, -0.15) is 0 Å². The smallest absolute Gasteiger partial charge is 0.146 e. The van der Waals surface area contributed by atoms with Crippen molar-refractivity contribution in [2.75, 3.05) is 50.5 Å². The Hall–Kier alpha value is -1.40. The number of nitrogens with zero attached hydrogens (tertiary/aromatic N) is 4. The molecule has 2 heterocycles. The zero-order chi connectivity index (χ0) is 13.7. The van der Waals surface area contributed by atoms with Crippen molar-refractivity contribution in [2.45, 2.75) is 20.3 Å². The fourth-order valence-corrected chi connectivity index (χ4v) is 2.05. The van der Waals surface area contributed by atoms with Crippen LogP contribution in [-0.2, 0) is 0 Å². The van der Waals surface area contributed by atoms with Gasteiger partial charge in [-0.1, -0.05) is 6.92 Å². The zero-order valence-electron chi connectivity index (χ0n) is 12.1. The molecule has 0 radical (unpaired) electrons. The Balaban J connectivity index is 1.97. The van der Waals surface area contributed by atoms with Crippen LogP contribution >= 0.6 is 0 Å². The topological polar surface area (TPSA) is 56.3 Å². The Morgan fingerprint density at radius 3 is 2.53 bits per heavy atom. The first-order valence-electron chi connectivity index (χ1n) is 6.97. The van der Waals surface area contributed by atoms with E-state index in [1.54, 1.807) is 0 Å². The third kappa shape index (κ3) is 4.33. The van der Waals surface area contributed by atoms with Crippen molar-refractivity contribution in [3.8, 4) is 0 Å². The molecule has 0 atom stereocenters. The molecule has 0 amide bonds. The Morgan fingerprint density at radius 2 is 1.84 bits per heavy atom. The first kappa shape index (κ1) is 14.0. The quantitative estimate of drug-likeness (QED) is 0.833. The van der Waals surface area contributed by atoms with Crippen molar-refractivity contribution in [2.24, 2.45) is 0 Å². The van der Waals surface area contributed by atoms with Crippen molar-refractivity contribution < 1.29 is 0 Å². The van der Waals surface area contributed by atoms with E-state index in [0.717, 1.165) is 56.6 Å². The first-order valence-corrected chi connectivity index (χ1v) is 6.97. The predicted molar refractivity (Wildman–Crippen MR) is 78.2 cm³/mol. The molecule has 0 bridgehead atoms. The van der Waals surface area contributed by atoms with Gasteiger partial charge in [0.2, 0.25) is 0 Å². The highest BCUT2D eigenvalue weighted by Gasteiger charge is 2.14. The maximum Gasteiger partial charge on any atom is 0.146 e. The van der Waals surface area contributed by atoms with Gasteiger partial charge in [0.25, 0.3) is 0 Å². The second-order valence-electron chi connectivity index (χ2n) is 5.01. The van der Waals surface area contributed by atoms with Gasteiger partial charge in [-0.3, -0.25) is 0 Å². The van der Waals surface area contributed by atoms with Crippen molar-refractivity contribution >= 4 is 11.6 Å². The van der Waals surface area contributed by atoms with Crippen LogP contribution in [0, 0.1) is 6.92 Å². The third-order valence-electron chi connectivity index (χ3n) is 3.17. The molecular weight excluding hydrogens is 240 g/mol. The van der Waals surface area contributed by atoms with E-state index >= 15 is 0 Å². The summed E-state index contributed by atoms with van der Waals surface area (Å²) in [6.07, 6.45) is 1.09. The normalized spacial score (nSPS) is 17.4. The van der Waals surface area contributed by atoms with Crippen LogP contribution in [0.4, 0.5) is 11.6 Å². The predicted octanol–water partition coefficient (Wildman–Crippen LogP) is 1.18. The Labute approximate surface area is 115 Å². The van der Waals surface area contributed by atoms with Gasteiger partial charge in [0, 0.05) is 38.8 Å². The third-order valence-corrected chi connectivity index (χ3v) is 3.17. The van der Waals surface area contributed by atoms with Gasteiger partial charge in [0.1, 0.15) is 17.5 Å². The van der Waals surface area contributed by atoms with E-state index in [9.17, 15) is 0 Å². The molecular formula is C13H24N6. The molecule has 1 saturated heterocycles. The number of hydrogen-bond acceptors (Lipinski definition) is 6. The molecule has 1 aromatic rings. The summed E-state index contributed by atoms with van der Waals surface area (Å²) in [6.45, 7) is 9.19. The fraction of sp³-hybridized carbons (Fsp3) is 0.692. The van der Waals surface area contributed by atoms with Gasteiger partial charge in [0.15, 0.2) is 0 Å². The van der Waals surface area contributed by atoms with Crippen LogP contribution in [0.5, 0.6) is 0 Å². The number of nitrogens with one attached hydrogen (secondary N) is 2. The van der Waals surface area contributed by atoms with Crippen LogP contribution in [0.3, 0.4) is 0 Å². The molecule has 0 aromatic carbocycles. The molecule has 0 aliphatic carbocycles. The lowest BCUT2D eigenvalue weighted by atomic mass is 10.4. The lowest BCUT2D eigenvalue weighted by Gasteiger charge is -2.32. The molecule has 1 aromatic heterocycles. The summed E-state index contributed by atoms with van der Waals surface area (Å²) in [7, 11) is 2.15. The van der Waals surface area contributed by atoms with Gasteiger partial charge in [-0.15, -0.1) is 0 Å². The molecule has 6 heteroatoms. The van der Waals surface area contributed by atoms with E-state index in [0.29, 0.717) is 0 Å². The number of rotatable bonds is 5. The molecule has 19 heavy (non-hydrogen) atoms. The maximum absolute atomic E-state index is 4.44. The molecule has 2 rings (SSSR count). The average molecular weight is 264 g/mol. The highest BCUT2D eigenvalue weighted by atomic mass is 15.5. The number of aryl methyl sites for hydroxylation is 1. The van der Waals surface area contributed by atoms with Crippen LogP contribution in [0.15, 0.2) is 6.07 Å². The van der Waals surface area contributed by atoms with Crippen LogP contribution in [0.2, 0.25) is 0 Å². The molecule has 1 aliphatic rings. The van der Waals surface area contributed by atoms with Crippen molar-refractivity contribution in [3.05, 3.63) is 11.9 Å². The van der Waals surface area contributed by atoms with E-state index in [1.807, 2.05) is 13.0 Å². The molecule has 106 valence electrons. The standard InChI is InChI=1S/C13H24N6/c1-4-5-14-12-10-13(16-11(2)15-12)17-19-8-6-18(3)7-9-19/h10H,4-9H2,1-3H3,(H2,14,15,16,17). The maximum atomic E-state index is 4.44. The van der Waals surface area contributed by atoms with Crippen LogP contribution < -0.4 is 10.7 Å². The van der Waals surface area contributed by atoms with Crippen LogP contribution in [-0.4, -0.2) is 59.6 Å². The minimum atomic E-state index is 0.790. The number of anilines is 2. The summed E-state index contributed by atoms with van der Waals surface area (Å²) >= 11 is 0. The van der Waals surface area contributed by atoms with Crippen molar-refractivity contribution in [1.29, 1.82) is 0 Å². The van der Waals surface area contributed by atoms with Gasteiger partial charge in [0.05, 0.1) is 0 Å².